The van der Waals surface area contributed by atoms with Gasteiger partial charge in [0.25, 0.3) is 0 Å². The summed E-state index contributed by atoms with van der Waals surface area (Å²) in [6.45, 7) is -0.248. The molecule has 0 spiro atoms. The third-order valence-electron chi connectivity index (χ3n) is 3.72. The Kier molecular flexibility index (Phi) is 8.57. The molecule has 0 saturated heterocycles. The first-order valence-electron chi connectivity index (χ1n) is 8.29. The molecule has 0 aliphatic heterocycles. The van der Waals surface area contributed by atoms with Crippen LogP contribution in [-0.4, -0.2) is 39.4 Å². The molecule has 0 fully saturated rings. The van der Waals surface area contributed by atoms with E-state index in [4.69, 9.17) is 23.2 Å². The largest absolute Gasteiger partial charge is 0.354 e. The Labute approximate surface area is 182 Å². The molecule has 0 saturated carbocycles. The molecule has 0 aromatic heterocycles. The van der Waals surface area contributed by atoms with Gasteiger partial charge in [-0.2, -0.15) is 11.8 Å². The minimum Gasteiger partial charge on any atom is -0.354 e. The van der Waals surface area contributed by atoms with Crippen LogP contribution >= 0.6 is 35.0 Å². The molecule has 2 aromatic rings. The molecule has 5 nitrogen and oxygen atoms in total. The van der Waals surface area contributed by atoms with Gasteiger partial charge in [0.2, 0.25) is 15.9 Å². The highest BCUT2D eigenvalue weighted by atomic mass is 35.5. The van der Waals surface area contributed by atoms with Crippen LogP contribution in [0.5, 0.6) is 0 Å². The molecule has 0 radical (unpaired) electrons. The third-order valence-corrected chi connectivity index (χ3v) is 6.46. The van der Waals surface area contributed by atoms with Gasteiger partial charge in [-0.05, 0) is 29.8 Å². The summed E-state index contributed by atoms with van der Waals surface area (Å²) < 4.78 is 51.1. The van der Waals surface area contributed by atoms with Gasteiger partial charge in [0.05, 0.1) is 11.9 Å². The maximum Gasteiger partial charge on any atom is 0.240 e. The zero-order valence-electron chi connectivity index (χ0n) is 15.3. The van der Waals surface area contributed by atoms with Gasteiger partial charge in [-0.3, -0.25) is 9.10 Å². The number of carbonyl (C=O) groups excluding carboxylic acids is 1. The van der Waals surface area contributed by atoms with Crippen molar-refractivity contribution in [2.24, 2.45) is 0 Å². The molecule has 0 unspecified atom stereocenters. The normalized spacial score (nSPS) is 11.3. The van der Waals surface area contributed by atoms with Gasteiger partial charge in [0.15, 0.2) is 11.6 Å². The second-order valence-corrected chi connectivity index (χ2v) is 9.86. The van der Waals surface area contributed by atoms with Crippen molar-refractivity contribution in [1.82, 2.24) is 5.32 Å². The molecule has 29 heavy (non-hydrogen) atoms. The summed E-state index contributed by atoms with van der Waals surface area (Å²) in [5.41, 5.74) is 0.780. The van der Waals surface area contributed by atoms with E-state index in [0.29, 0.717) is 32.4 Å². The number of hydrogen-bond donors (Lipinski definition) is 1. The van der Waals surface area contributed by atoms with Crippen LogP contribution in [0.1, 0.15) is 5.56 Å². The molecular weight excluding hydrogens is 465 g/mol. The highest BCUT2D eigenvalue weighted by molar-refractivity contribution is 7.98. The van der Waals surface area contributed by atoms with Crippen molar-refractivity contribution in [1.29, 1.82) is 0 Å². The van der Waals surface area contributed by atoms with Crippen LogP contribution in [0.25, 0.3) is 0 Å². The molecule has 1 N–H and O–H groups in total. The van der Waals surface area contributed by atoms with Gasteiger partial charge in [-0.15, -0.1) is 0 Å². The fourth-order valence-corrected chi connectivity index (χ4v) is 4.58. The Morgan fingerprint density at radius 1 is 1.14 bits per heavy atom. The molecule has 11 heteroatoms. The van der Waals surface area contributed by atoms with Crippen molar-refractivity contribution < 1.29 is 22.0 Å². The Hall–Kier alpha value is -1.55. The predicted molar refractivity (Wildman–Crippen MR) is 114 cm³/mol. The molecule has 1 amide bonds. The summed E-state index contributed by atoms with van der Waals surface area (Å²) in [5.74, 6) is -1.69. The van der Waals surface area contributed by atoms with Crippen LogP contribution in [0.15, 0.2) is 36.4 Å². The van der Waals surface area contributed by atoms with Gasteiger partial charge in [-0.1, -0.05) is 29.3 Å². The topological polar surface area (TPSA) is 66.5 Å². The smallest absolute Gasteiger partial charge is 0.240 e. The van der Waals surface area contributed by atoms with E-state index in [-0.39, 0.29) is 5.69 Å². The van der Waals surface area contributed by atoms with Crippen molar-refractivity contribution in [2.45, 2.75) is 5.75 Å². The van der Waals surface area contributed by atoms with Crippen LogP contribution in [0.4, 0.5) is 14.5 Å². The number of thioether (sulfide) groups is 1. The highest BCUT2D eigenvalue weighted by Crippen LogP contribution is 2.24. The van der Waals surface area contributed by atoms with Gasteiger partial charge in [-0.25, -0.2) is 17.2 Å². The number of halogens is 4. The molecule has 2 rings (SSSR count). The molecule has 0 bridgehead atoms. The fourth-order valence-electron chi connectivity index (χ4n) is 2.31. The molecule has 0 aliphatic carbocycles. The quantitative estimate of drug-likeness (QED) is 0.546. The Bertz CT molecular complexity index is 991. The van der Waals surface area contributed by atoms with E-state index in [9.17, 15) is 22.0 Å². The standard InChI is InChI=1S/C18H18Cl2F2N2O3S2/c1-29(26,27)24(14-4-5-16(21)17(22)9-14)10-18(25)23-6-7-28-11-12-2-3-13(19)8-15(12)20/h2-5,8-9H,6-7,10-11H2,1H3,(H,23,25). The SMILES string of the molecule is CS(=O)(=O)N(CC(=O)NCCSCc1ccc(Cl)cc1Cl)c1ccc(F)c(F)c1. The fraction of sp³-hybridized carbons (Fsp3) is 0.278. The Balaban J connectivity index is 1.86. The van der Waals surface area contributed by atoms with Crippen molar-refractivity contribution in [2.75, 3.05) is 29.4 Å². The first kappa shape index (κ1) is 23.7. The van der Waals surface area contributed by atoms with Crippen LogP contribution in [0.2, 0.25) is 10.0 Å². The second-order valence-electron chi connectivity index (χ2n) is 6.01. The number of rotatable bonds is 9. The van der Waals surface area contributed by atoms with Gasteiger partial charge >= 0.3 is 0 Å². The van der Waals surface area contributed by atoms with E-state index in [1.54, 1.807) is 12.1 Å². The molecule has 0 aliphatic rings. The molecule has 2 aromatic carbocycles. The van der Waals surface area contributed by atoms with Gasteiger partial charge in [0, 0.05) is 34.2 Å². The molecule has 0 heterocycles. The number of nitrogens with zero attached hydrogens (tertiary/aromatic N) is 1. The minimum atomic E-state index is -3.87. The minimum absolute atomic E-state index is 0.131. The van der Waals surface area contributed by atoms with Crippen LogP contribution in [0.3, 0.4) is 0 Å². The number of hydrogen-bond acceptors (Lipinski definition) is 4. The lowest BCUT2D eigenvalue weighted by Crippen LogP contribution is -2.41. The number of benzene rings is 2. The average Bonchev–Trinajstić information content (AvgIpc) is 2.62. The molecular formula is C18H18Cl2F2N2O3S2. The summed E-state index contributed by atoms with van der Waals surface area (Å²) in [6, 6.07) is 7.84. The summed E-state index contributed by atoms with van der Waals surface area (Å²) in [4.78, 5) is 12.1. The van der Waals surface area contributed by atoms with Gasteiger partial charge in [0.1, 0.15) is 6.54 Å². The van der Waals surface area contributed by atoms with E-state index >= 15 is 0 Å². The molecule has 158 valence electrons. The number of carbonyl (C=O) groups is 1. The van der Waals surface area contributed by atoms with Crippen molar-refractivity contribution in [3.05, 3.63) is 63.6 Å². The third kappa shape index (κ3) is 7.33. The van der Waals surface area contributed by atoms with E-state index in [2.05, 4.69) is 5.32 Å². The number of sulfonamides is 1. The van der Waals surface area contributed by atoms with E-state index < -0.39 is 34.1 Å². The molecule has 0 atom stereocenters. The lowest BCUT2D eigenvalue weighted by molar-refractivity contribution is -0.119. The zero-order valence-corrected chi connectivity index (χ0v) is 18.4. The van der Waals surface area contributed by atoms with Crippen LogP contribution in [0, 0.1) is 11.6 Å². The average molecular weight is 483 g/mol. The Morgan fingerprint density at radius 2 is 1.86 bits per heavy atom. The second kappa shape index (κ2) is 10.5. The summed E-state index contributed by atoms with van der Waals surface area (Å²) >= 11 is 13.5. The van der Waals surface area contributed by atoms with Crippen LogP contribution in [-0.2, 0) is 20.6 Å². The van der Waals surface area contributed by atoms with E-state index in [1.165, 1.54) is 11.8 Å². The van der Waals surface area contributed by atoms with E-state index in [1.807, 2.05) is 6.07 Å². The van der Waals surface area contributed by atoms with Crippen LogP contribution < -0.4 is 9.62 Å². The summed E-state index contributed by atoms with van der Waals surface area (Å²) in [7, 11) is -3.87. The Morgan fingerprint density at radius 3 is 2.48 bits per heavy atom. The van der Waals surface area contributed by atoms with Crippen molar-refractivity contribution in [3.8, 4) is 0 Å². The summed E-state index contributed by atoms with van der Waals surface area (Å²) in [6.07, 6.45) is 0.882. The lowest BCUT2D eigenvalue weighted by atomic mass is 10.2. The predicted octanol–water partition coefficient (Wildman–Crippen LogP) is 4.09. The van der Waals surface area contributed by atoms with Crippen molar-refractivity contribution in [3.63, 3.8) is 0 Å². The lowest BCUT2D eigenvalue weighted by Gasteiger charge is -2.22. The first-order chi connectivity index (χ1) is 13.6. The monoisotopic (exact) mass is 482 g/mol. The number of amides is 1. The van der Waals surface area contributed by atoms with E-state index in [0.717, 1.165) is 30.0 Å². The first-order valence-corrected chi connectivity index (χ1v) is 12.0. The highest BCUT2D eigenvalue weighted by Gasteiger charge is 2.21. The zero-order chi connectivity index (χ0) is 21.6. The summed E-state index contributed by atoms with van der Waals surface area (Å²) in [5, 5.41) is 3.71. The maximum atomic E-state index is 13.4. The van der Waals surface area contributed by atoms with Gasteiger partial charge < -0.3 is 5.32 Å². The van der Waals surface area contributed by atoms with Crippen molar-refractivity contribution >= 4 is 56.6 Å². The maximum absolute atomic E-state index is 13.4. The number of anilines is 1. The number of nitrogens with one attached hydrogen (secondary N) is 1.